The van der Waals surface area contributed by atoms with Crippen molar-refractivity contribution in [3.63, 3.8) is 0 Å². The summed E-state index contributed by atoms with van der Waals surface area (Å²) < 4.78 is 5.82. The Balaban J connectivity index is 1.91. The van der Waals surface area contributed by atoms with Gasteiger partial charge in [0.15, 0.2) is 0 Å². The number of nitrogens with two attached hydrogens (primary N) is 1. The molecule has 5 heteroatoms. The first kappa shape index (κ1) is 12.9. The molecule has 1 saturated heterocycles. The average molecular weight is 275 g/mol. The average Bonchev–Trinajstić information content (AvgIpc) is 2.49. The standard InChI is InChI=1S/C14H17N3OS/c15-17-14(13-9-19-7-6-18-13)11-3-4-12-10(8-11)2-1-5-16-12/h1-5,8,13-14,17H,6-7,9,15H2. The second kappa shape index (κ2) is 5.88. The van der Waals surface area contributed by atoms with Gasteiger partial charge in [0.05, 0.1) is 24.3 Å². The molecular formula is C14H17N3OS. The van der Waals surface area contributed by atoms with Crippen LogP contribution in [0.15, 0.2) is 36.5 Å². The molecule has 0 radical (unpaired) electrons. The molecule has 1 aromatic heterocycles. The summed E-state index contributed by atoms with van der Waals surface area (Å²) in [5, 5.41) is 1.13. The zero-order chi connectivity index (χ0) is 13.1. The maximum Gasteiger partial charge on any atom is 0.0873 e. The number of hydrogen-bond donors (Lipinski definition) is 2. The minimum Gasteiger partial charge on any atom is -0.374 e. The molecule has 4 nitrogen and oxygen atoms in total. The van der Waals surface area contributed by atoms with Crippen molar-refractivity contribution >= 4 is 22.7 Å². The van der Waals surface area contributed by atoms with Gasteiger partial charge in [-0.15, -0.1) is 0 Å². The number of ether oxygens (including phenoxy) is 1. The zero-order valence-electron chi connectivity index (χ0n) is 10.6. The summed E-state index contributed by atoms with van der Waals surface area (Å²) in [5.74, 6) is 7.76. The van der Waals surface area contributed by atoms with Gasteiger partial charge in [0.1, 0.15) is 0 Å². The summed E-state index contributed by atoms with van der Waals surface area (Å²) in [5.41, 5.74) is 5.04. The Morgan fingerprint density at radius 1 is 1.42 bits per heavy atom. The van der Waals surface area contributed by atoms with E-state index in [-0.39, 0.29) is 12.1 Å². The number of nitrogens with one attached hydrogen (secondary N) is 1. The monoisotopic (exact) mass is 275 g/mol. The Bertz CT molecular complexity index is 557. The number of fused-ring (bicyclic) bond motifs is 1. The fourth-order valence-electron chi connectivity index (χ4n) is 2.40. The van der Waals surface area contributed by atoms with Gasteiger partial charge in [0.25, 0.3) is 0 Å². The van der Waals surface area contributed by atoms with Crippen LogP contribution in [0, 0.1) is 0 Å². The van der Waals surface area contributed by atoms with Crippen molar-refractivity contribution in [2.75, 3.05) is 18.1 Å². The van der Waals surface area contributed by atoms with Crippen molar-refractivity contribution in [1.29, 1.82) is 0 Å². The van der Waals surface area contributed by atoms with Crippen molar-refractivity contribution in [2.24, 2.45) is 5.84 Å². The minimum atomic E-state index is 0.0254. The highest BCUT2D eigenvalue weighted by molar-refractivity contribution is 7.99. The van der Waals surface area contributed by atoms with Crippen LogP contribution in [0.5, 0.6) is 0 Å². The number of nitrogens with zero attached hydrogens (tertiary/aromatic N) is 1. The van der Waals surface area contributed by atoms with E-state index in [2.05, 4.69) is 28.6 Å². The van der Waals surface area contributed by atoms with Crippen LogP contribution in [0.2, 0.25) is 0 Å². The highest BCUT2D eigenvalue weighted by atomic mass is 32.2. The van der Waals surface area contributed by atoms with Crippen LogP contribution in [0.3, 0.4) is 0 Å². The lowest BCUT2D eigenvalue weighted by atomic mass is 10.0. The molecule has 0 amide bonds. The maximum absolute atomic E-state index is 5.82. The largest absolute Gasteiger partial charge is 0.374 e. The van der Waals surface area contributed by atoms with E-state index >= 15 is 0 Å². The quantitative estimate of drug-likeness (QED) is 0.661. The fraction of sp³-hybridized carbons (Fsp3) is 0.357. The first-order valence-electron chi connectivity index (χ1n) is 6.38. The lowest BCUT2D eigenvalue weighted by Gasteiger charge is -2.30. The number of aromatic nitrogens is 1. The van der Waals surface area contributed by atoms with Crippen LogP contribution in [-0.4, -0.2) is 29.2 Å². The van der Waals surface area contributed by atoms with E-state index in [1.165, 1.54) is 0 Å². The van der Waals surface area contributed by atoms with E-state index in [4.69, 9.17) is 10.6 Å². The highest BCUT2D eigenvalue weighted by Gasteiger charge is 2.25. The van der Waals surface area contributed by atoms with Crippen LogP contribution in [-0.2, 0) is 4.74 Å². The molecule has 3 rings (SSSR count). The van der Waals surface area contributed by atoms with Crippen LogP contribution in [0.25, 0.3) is 10.9 Å². The number of thioether (sulfide) groups is 1. The van der Waals surface area contributed by atoms with Gasteiger partial charge < -0.3 is 4.74 Å². The maximum atomic E-state index is 5.82. The molecule has 1 fully saturated rings. The molecule has 1 aliphatic rings. The molecule has 2 aromatic rings. The second-order valence-corrected chi connectivity index (χ2v) is 5.73. The number of benzene rings is 1. The third kappa shape index (κ3) is 2.74. The summed E-state index contributed by atoms with van der Waals surface area (Å²) in [6.07, 6.45) is 1.93. The fourth-order valence-corrected chi connectivity index (χ4v) is 3.31. The molecule has 2 unspecified atom stereocenters. The van der Waals surface area contributed by atoms with Crippen molar-refractivity contribution in [1.82, 2.24) is 10.4 Å². The van der Waals surface area contributed by atoms with Crippen molar-refractivity contribution < 1.29 is 4.74 Å². The molecule has 3 N–H and O–H groups in total. The highest BCUT2D eigenvalue weighted by Crippen LogP contribution is 2.26. The molecule has 0 bridgehead atoms. The van der Waals surface area contributed by atoms with E-state index in [0.717, 1.165) is 34.6 Å². The Kier molecular flexibility index (Phi) is 3.98. The normalized spacial score (nSPS) is 21.4. The van der Waals surface area contributed by atoms with Crippen LogP contribution in [0.4, 0.5) is 0 Å². The number of hydrazine groups is 1. The molecule has 0 saturated carbocycles. The topological polar surface area (TPSA) is 60.2 Å². The Morgan fingerprint density at radius 2 is 2.37 bits per heavy atom. The molecule has 2 heterocycles. The Morgan fingerprint density at radius 3 is 3.16 bits per heavy atom. The molecule has 100 valence electrons. The first-order chi connectivity index (χ1) is 9.38. The molecule has 0 spiro atoms. The molecule has 19 heavy (non-hydrogen) atoms. The summed E-state index contributed by atoms with van der Waals surface area (Å²) >= 11 is 1.91. The predicted octanol–water partition coefficient (Wildman–Crippen LogP) is 1.87. The molecule has 2 atom stereocenters. The van der Waals surface area contributed by atoms with Crippen LogP contribution < -0.4 is 11.3 Å². The number of rotatable bonds is 3. The summed E-state index contributed by atoms with van der Waals surface area (Å²) in [6, 6.07) is 10.3. The van der Waals surface area contributed by atoms with Crippen LogP contribution in [0.1, 0.15) is 11.6 Å². The summed E-state index contributed by atoms with van der Waals surface area (Å²) in [4.78, 5) is 4.33. The molecule has 1 aromatic carbocycles. The van der Waals surface area contributed by atoms with Crippen LogP contribution >= 0.6 is 11.8 Å². The van der Waals surface area contributed by atoms with Crippen molar-refractivity contribution in [3.8, 4) is 0 Å². The predicted molar refractivity (Wildman–Crippen MR) is 78.9 cm³/mol. The first-order valence-corrected chi connectivity index (χ1v) is 7.54. The third-order valence-electron chi connectivity index (χ3n) is 3.38. The van der Waals surface area contributed by atoms with E-state index in [1.54, 1.807) is 0 Å². The van der Waals surface area contributed by atoms with Crippen molar-refractivity contribution in [3.05, 3.63) is 42.1 Å². The Labute approximate surface area is 116 Å². The Hall–Kier alpha value is -1.14. The van der Waals surface area contributed by atoms with Gasteiger partial charge in [-0.1, -0.05) is 12.1 Å². The lowest BCUT2D eigenvalue weighted by Crippen LogP contribution is -2.41. The van der Waals surface area contributed by atoms with E-state index in [9.17, 15) is 0 Å². The zero-order valence-corrected chi connectivity index (χ0v) is 11.4. The summed E-state index contributed by atoms with van der Waals surface area (Å²) in [7, 11) is 0. The molecular weight excluding hydrogens is 258 g/mol. The van der Waals surface area contributed by atoms with Gasteiger partial charge in [-0.3, -0.25) is 16.3 Å². The van der Waals surface area contributed by atoms with E-state index in [0.29, 0.717) is 0 Å². The summed E-state index contributed by atoms with van der Waals surface area (Å²) in [6.45, 7) is 0.794. The minimum absolute atomic E-state index is 0.0254. The third-order valence-corrected chi connectivity index (χ3v) is 4.40. The number of pyridine rings is 1. The molecule has 1 aliphatic heterocycles. The van der Waals surface area contributed by atoms with Gasteiger partial charge >= 0.3 is 0 Å². The smallest absolute Gasteiger partial charge is 0.0873 e. The van der Waals surface area contributed by atoms with E-state index < -0.39 is 0 Å². The van der Waals surface area contributed by atoms with Gasteiger partial charge in [-0.25, -0.2) is 0 Å². The number of hydrogen-bond acceptors (Lipinski definition) is 5. The van der Waals surface area contributed by atoms with Gasteiger partial charge in [-0.2, -0.15) is 11.8 Å². The van der Waals surface area contributed by atoms with E-state index in [1.807, 2.05) is 30.1 Å². The van der Waals surface area contributed by atoms with Crippen molar-refractivity contribution in [2.45, 2.75) is 12.1 Å². The molecule has 0 aliphatic carbocycles. The van der Waals surface area contributed by atoms with Gasteiger partial charge in [0, 0.05) is 23.1 Å². The lowest BCUT2D eigenvalue weighted by molar-refractivity contribution is 0.0468. The van der Waals surface area contributed by atoms with Gasteiger partial charge in [-0.05, 0) is 23.8 Å². The second-order valence-electron chi connectivity index (χ2n) is 4.58. The van der Waals surface area contributed by atoms with Gasteiger partial charge in [0.2, 0.25) is 0 Å². The SMILES string of the molecule is NNC(c1ccc2ncccc2c1)C1CSCCO1.